The maximum absolute atomic E-state index is 13.2. The number of benzene rings is 1. The van der Waals surface area contributed by atoms with E-state index in [2.05, 4.69) is 32.7 Å². The van der Waals surface area contributed by atoms with Gasteiger partial charge in [-0.1, -0.05) is 17.8 Å². The van der Waals surface area contributed by atoms with Crippen molar-refractivity contribution < 1.29 is 19.0 Å². The van der Waals surface area contributed by atoms with Gasteiger partial charge in [0.1, 0.15) is 0 Å². The topological polar surface area (TPSA) is 82.0 Å². The molecule has 2 aromatic rings. The van der Waals surface area contributed by atoms with Gasteiger partial charge in [-0.15, -0.1) is 10.2 Å². The fraction of sp³-hybridized carbons (Fsp3) is 0.609. The van der Waals surface area contributed by atoms with Gasteiger partial charge in [-0.05, 0) is 37.5 Å². The molecular weight excluding hydrogens is 442 g/mol. The van der Waals surface area contributed by atoms with Crippen molar-refractivity contribution in [1.82, 2.24) is 19.7 Å². The van der Waals surface area contributed by atoms with Crippen LogP contribution in [-0.4, -0.2) is 77.4 Å². The minimum Gasteiger partial charge on any atom is -0.490 e. The molecule has 10 heteroatoms. The monoisotopic (exact) mass is 473 g/mol. The highest BCUT2D eigenvalue weighted by Crippen LogP contribution is 2.38. The quantitative estimate of drug-likeness (QED) is 0.593. The van der Waals surface area contributed by atoms with E-state index in [9.17, 15) is 4.79 Å². The number of rotatable bonds is 6. The smallest absolute Gasteiger partial charge is 0.233 e. The zero-order valence-corrected chi connectivity index (χ0v) is 19.9. The van der Waals surface area contributed by atoms with Gasteiger partial charge in [0.05, 0.1) is 38.2 Å². The van der Waals surface area contributed by atoms with Crippen molar-refractivity contribution in [2.24, 2.45) is 0 Å². The van der Waals surface area contributed by atoms with Crippen LogP contribution in [0.1, 0.15) is 37.8 Å². The lowest BCUT2D eigenvalue weighted by Gasteiger charge is -2.27. The molecule has 33 heavy (non-hydrogen) atoms. The van der Waals surface area contributed by atoms with Crippen molar-refractivity contribution in [3.05, 3.63) is 23.8 Å². The highest BCUT2D eigenvalue weighted by atomic mass is 32.2. The number of morpholine rings is 1. The predicted octanol–water partition coefficient (Wildman–Crippen LogP) is 2.75. The van der Waals surface area contributed by atoms with Crippen LogP contribution in [0.4, 0.5) is 5.95 Å². The number of aromatic nitrogens is 3. The summed E-state index contributed by atoms with van der Waals surface area (Å²) in [5.74, 6) is 2.92. The van der Waals surface area contributed by atoms with Gasteiger partial charge in [-0.3, -0.25) is 9.36 Å². The SMILES string of the molecule is CCn1c(SCC(=O)N2CCCC2c2ccc3c(c2)OCCCO3)nnc1N1CCOCC1. The van der Waals surface area contributed by atoms with Crippen LogP contribution < -0.4 is 14.4 Å². The number of nitrogens with zero attached hydrogens (tertiary/aromatic N) is 5. The van der Waals surface area contributed by atoms with E-state index in [1.165, 1.54) is 11.8 Å². The lowest BCUT2D eigenvalue weighted by atomic mass is 10.0. The number of fused-ring (bicyclic) bond motifs is 1. The molecule has 0 saturated carbocycles. The average Bonchev–Trinajstić information content (AvgIpc) is 3.44. The number of carbonyl (C=O) groups excluding carboxylic acids is 1. The second-order valence-corrected chi connectivity index (χ2v) is 9.36. The van der Waals surface area contributed by atoms with Crippen molar-refractivity contribution in [1.29, 1.82) is 0 Å². The van der Waals surface area contributed by atoms with Gasteiger partial charge < -0.3 is 24.0 Å². The van der Waals surface area contributed by atoms with E-state index in [0.29, 0.717) is 32.2 Å². The van der Waals surface area contributed by atoms with E-state index in [1.54, 1.807) is 0 Å². The first-order valence-corrected chi connectivity index (χ1v) is 12.8. The molecule has 3 aliphatic rings. The van der Waals surface area contributed by atoms with Crippen LogP contribution in [-0.2, 0) is 16.1 Å². The zero-order chi connectivity index (χ0) is 22.6. The molecule has 0 aliphatic carbocycles. The van der Waals surface area contributed by atoms with Crippen molar-refractivity contribution in [3.8, 4) is 11.5 Å². The number of carbonyl (C=O) groups is 1. The Bertz CT molecular complexity index is 978. The Hall–Kier alpha value is -2.46. The largest absolute Gasteiger partial charge is 0.490 e. The van der Waals surface area contributed by atoms with Crippen LogP contribution >= 0.6 is 11.8 Å². The molecule has 9 nitrogen and oxygen atoms in total. The Balaban J connectivity index is 1.25. The van der Waals surface area contributed by atoms with E-state index in [0.717, 1.165) is 73.6 Å². The molecule has 2 saturated heterocycles. The van der Waals surface area contributed by atoms with Gasteiger partial charge in [-0.2, -0.15) is 0 Å². The molecule has 1 amide bonds. The first-order chi connectivity index (χ1) is 16.2. The normalized spacial score (nSPS) is 20.7. The summed E-state index contributed by atoms with van der Waals surface area (Å²) >= 11 is 1.47. The fourth-order valence-electron chi connectivity index (χ4n) is 4.67. The molecule has 1 aromatic heterocycles. The Kier molecular flexibility index (Phi) is 6.91. The van der Waals surface area contributed by atoms with Gasteiger partial charge in [-0.25, -0.2) is 0 Å². The molecule has 178 valence electrons. The summed E-state index contributed by atoms with van der Waals surface area (Å²) < 4.78 is 19.2. The van der Waals surface area contributed by atoms with E-state index < -0.39 is 0 Å². The van der Waals surface area contributed by atoms with Crippen molar-refractivity contribution in [2.45, 2.75) is 43.9 Å². The van der Waals surface area contributed by atoms with E-state index in [4.69, 9.17) is 14.2 Å². The lowest BCUT2D eigenvalue weighted by molar-refractivity contribution is -0.129. The Morgan fingerprint density at radius 3 is 2.70 bits per heavy atom. The minimum absolute atomic E-state index is 0.0724. The summed E-state index contributed by atoms with van der Waals surface area (Å²) in [6.07, 6.45) is 2.84. The Labute approximate surface area is 198 Å². The number of hydrogen-bond donors (Lipinski definition) is 0. The number of anilines is 1. The Morgan fingerprint density at radius 1 is 1.06 bits per heavy atom. The first-order valence-electron chi connectivity index (χ1n) is 11.8. The summed E-state index contributed by atoms with van der Waals surface area (Å²) in [6, 6.07) is 6.16. The third-order valence-corrected chi connectivity index (χ3v) is 7.31. The molecule has 0 radical (unpaired) electrons. The van der Waals surface area contributed by atoms with Gasteiger partial charge >= 0.3 is 0 Å². The van der Waals surface area contributed by atoms with E-state index in [1.807, 2.05) is 17.0 Å². The second kappa shape index (κ2) is 10.2. The van der Waals surface area contributed by atoms with Gasteiger partial charge in [0.25, 0.3) is 0 Å². The summed E-state index contributed by atoms with van der Waals surface area (Å²) in [4.78, 5) is 17.4. The molecule has 4 heterocycles. The van der Waals surface area contributed by atoms with Crippen LogP contribution in [0.2, 0.25) is 0 Å². The molecule has 0 spiro atoms. The summed E-state index contributed by atoms with van der Waals surface area (Å²) in [6.45, 7) is 7.98. The molecule has 1 aromatic carbocycles. The number of thioether (sulfide) groups is 1. The number of hydrogen-bond acceptors (Lipinski definition) is 8. The molecule has 1 atom stereocenters. The molecule has 0 bridgehead atoms. The third kappa shape index (κ3) is 4.77. The van der Waals surface area contributed by atoms with E-state index in [-0.39, 0.29) is 11.9 Å². The highest BCUT2D eigenvalue weighted by Gasteiger charge is 2.31. The average molecular weight is 474 g/mol. The molecule has 5 rings (SSSR count). The zero-order valence-electron chi connectivity index (χ0n) is 19.1. The fourth-order valence-corrected chi connectivity index (χ4v) is 5.55. The van der Waals surface area contributed by atoms with Crippen LogP contribution in [0.15, 0.2) is 23.4 Å². The second-order valence-electron chi connectivity index (χ2n) is 8.42. The Morgan fingerprint density at radius 2 is 1.88 bits per heavy atom. The molecule has 3 aliphatic heterocycles. The standard InChI is InChI=1S/C23H31N5O4S/c1-2-27-22(26-9-13-30-14-10-26)24-25-23(27)33-16-21(29)28-8-3-5-18(28)17-6-7-19-20(15-17)32-12-4-11-31-19/h6-7,15,18H,2-5,8-14,16H2,1H3. The molecule has 0 N–H and O–H groups in total. The molecular formula is C23H31N5O4S. The van der Waals surface area contributed by atoms with Crippen LogP contribution in [0.25, 0.3) is 0 Å². The van der Waals surface area contributed by atoms with Crippen LogP contribution in [0.3, 0.4) is 0 Å². The van der Waals surface area contributed by atoms with E-state index >= 15 is 0 Å². The van der Waals surface area contributed by atoms with Gasteiger partial charge in [0.15, 0.2) is 16.7 Å². The minimum atomic E-state index is 0.0724. The molecule has 1 unspecified atom stereocenters. The van der Waals surface area contributed by atoms with Crippen LogP contribution in [0, 0.1) is 0 Å². The summed E-state index contributed by atoms with van der Waals surface area (Å²) in [7, 11) is 0. The van der Waals surface area contributed by atoms with Crippen molar-refractivity contribution >= 4 is 23.6 Å². The molecule has 2 fully saturated rings. The lowest BCUT2D eigenvalue weighted by Crippen LogP contribution is -2.38. The first kappa shape index (κ1) is 22.3. The highest BCUT2D eigenvalue weighted by molar-refractivity contribution is 7.99. The number of amides is 1. The van der Waals surface area contributed by atoms with Crippen molar-refractivity contribution in [2.75, 3.05) is 56.7 Å². The maximum atomic E-state index is 13.2. The summed E-state index contributed by atoms with van der Waals surface area (Å²) in [5.41, 5.74) is 1.11. The maximum Gasteiger partial charge on any atom is 0.233 e. The number of ether oxygens (including phenoxy) is 3. The number of likely N-dealkylation sites (tertiary alicyclic amines) is 1. The third-order valence-electron chi connectivity index (χ3n) is 6.36. The van der Waals surface area contributed by atoms with Crippen LogP contribution in [0.5, 0.6) is 11.5 Å². The van der Waals surface area contributed by atoms with Gasteiger partial charge in [0.2, 0.25) is 11.9 Å². The van der Waals surface area contributed by atoms with Crippen molar-refractivity contribution in [3.63, 3.8) is 0 Å². The predicted molar refractivity (Wildman–Crippen MR) is 125 cm³/mol. The van der Waals surface area contributed by atoms with Gasteiger partial charge in [0, 0.05) is 32.6 Å². The summed E-state index contributed by atoms with van der Waals surface area (Å²) in [5, 5.41) is 9.59.